The normalized spacial score (nSPS) is 17.4. The fourth-order valence-corrected chi connectivity index (χ4v) is 1.06. The molecule has 1 N–H and O–H groups in total. The van der Waals surface area contributed by atoms with Crippen molar-refractivity contribution in [3.05, 3.63) is 0 Å². The van der Waals surface area contributed by atoms with E-state index >= 15 is 0 Å². The lowest BCUT2D eigenvalue weighted by atomic mass is 10.6. The summed E-state index contributed by atoms with van der Waals surface area (Å²) in [6, 6.07) is 0. The largest absolute Gasteiger partial charge is 0.312 e. The number of carbonyl (C=O) groups excluding carboxylic acids is 1. The zero-order valence-corrected chi connectivity index (χ0v) is 5.99. The van der Waals surface area contributed by atoms with Gasteiger partial charge in [-0.1, -0.05) is 0 Å². The van der Waals surface area contributed by atoms with E-state index in [9.17, 15) is 4.79 Å². The summed E-state index contributed by atoms with van der Waals surface area (Å²) in [5, 5.41) is 2.64. The minimum Gasteiger partial charge on any atom is -0.312 e. The highest BCUT2D eigenvalue weighted by atomic mass is 32.2. The van der Waals surface area contributed by atoms with Crippen LogP contribution < -0.4 is 5.32 Å². The van der Waals surface area contributed by atoms with Gasteiger partial charge < -0.3 is 5.32 Å². The lowest BCUT2D eigenvalue weighted by molar-refractivity contribution is -0.117. The van der Waals surface area contributed by atoms with E-state index in [0.717, 1.165) is 11.6 Å². The Hall–Kier alpha value is -0.510. The summed E-state index contributed by atoms with van der Waals surface area (Å²) in [6.07, 6.45) is 1.98. The number of carbonyl (C=O) groups is 1. The molecule has 1 aliphatic heterocycles. The third-order valence-electron chi connectivity index (χ3n) is 0.978. The Balaban J connectivity index is 2.36. The van der Waals surface area contributed by atoms with Gasteiger partial charge in [0.15, 0.2) is 0 Å². The van der Waals surface area contributed by atoms with Crippen molar-refractivity contribution in [3.8, 4) is 0 Å². The molecule has 4 heteroatoms. The Morgan fingerprint density at radius 2 is 2.67 bits per heavy atom. The molecular formula is C5H8N2OS. The second-order valence-corrected chi connectivity index (χ2v) is 2.61. The van der Waals surface area contributed by atoms with E-state index < -0.39 is 0 Å². The highest BCUT2D eigenvalue weighted by Gasteiger charge is 2.10. The summed E-state index contributed by atoms with van der Waals surface area (Å²) in [7, 11) is 0. The van der Waals surface area contributed by atoms with Crippen LogP contribution >= 0.6 is 11.8 Å². The van der Waals surface area contributed by atoms with Gasteiger partial charge in [0.25, 0.3) is 0 Å². The molecule has 1 rings (SSSR count). The topological polar surface area (TPSA) is 41.5 Å². The maximum atomic E-state index is 10.5. The Morgan fingerprint density at radius 3 is 3.11 bits per heavy atom. The standard InChI is InChI=1S/C5H8N2OS/c1-9-3-4-6-2-5(8)7-4/h2-3H2,1H3,(H,6,7,8). The number of nitrogens with zero attached hydrogens (tertiary/aromatic N) is 1. The molecule has 0 radical (unpaired) electrons. The molecule has 1 amide bonds. The molecule has 1 heterocycles. The first kappa shape index (κ1) is 6.61. The maximum Gasteiger partial charge on any atom is 0.247 e. The zero-order chi connectivity index (χ0) is 6.69. The number of rotatable bonds is 2. The van der Waals surface area contributed by atoms with E-state index in [1.165, 1.54) is 0 Å². The number of aliphatic imine (C=N–C) groups is 1. The molecule has 0 unspecified atom stereocenters. The van der Waals surface area contributed by atoms with Crippen LogP contribution in [0, 0.1) is 0 Å². The molecule has 0 aromatic carbocycles. The average molecular weight is 144 g/mol. The summed E-state index contributed by atoms with van der Waals surface area (Å²) >= 11 is 1.66. The van der Waals surface area contributed by atoms with Crippen LogP contribution in [0.4, 0.5) is 0 Å². The first-order valence-corrected chi connectivity index (χ1v) is 4.04. The van der Waals surface area contributed by atoms with Crippen LogP contribution in [0.15, 0.2) is 4.99 Å². The molecule has 0 saturated heterocycles. The predicted octanol–water partition coefficient (Wildman–Crippen LogP) is -0.122. The Labute approximate surface area is 57.9 Å². The van der Waals surface area contributed by atoms with Gasteiger partial charge in [0, 0.05) is 0 Å². The molecule has 0 aromatic rings. The smallest absolute Gasteiger partial charge is 0.247 e. The summed E-state index contributed by atoms with van der Waals surface area (Å²) in [4.78, 5) is 14.4. The molecule has 0 fully saturated rings. The molecule has 0 aromatic heterocycles. The number of amidine groups is 1. The highest BCUT2D eigenvalue weighted by molar-refractivity contribution is 7.99. The lowest BCUT2D eigenvalue weighted by Gasteiger charge is -1.94. The van der Waals surface area contributed by atoms with E-state index in [0.29, 0.717) is 6.54 Å². The van der Waals surface area contributed by atoms with Gasteiger partial charge in [-0.15, -0.1) is 0 Å². The van der Waals surface area contributed by atoms with E-state index in [-0.39, 0.29) is 5.91 Å². The highest BCUT2D eigenvalue weighted by Crippen LogP contribution is 1.95. The van der Waals surface area contributed by atoms with Gasteiger partial charge in [-0.25, -0.2) is 0 Å². The van der Waals surface area contributed by atoms with Crippen LogP contribution in [0.3, 0.4) is 0 Å². The number of hydrogen-bond donors (Lipinski definition) is 1. The van der Waals surface area contributed by atoms with Crippen LogP contribution in [0.1, 0.15) is 0 Å². The SMILES string of the molecule is CSCC1=NCC(=O)N1. The van der Waals surface area contributed by atoms with Crippen molar-refractivity contribution in [2.75, 3.05) is 18.6 Å². The Bertz CT molecular complexity index is 155. The van der Waals surface area contributed by atoms with Crippen LogP contribution in [-0.4, -0.2) is 30.3 Å². The van der Waals surface area contributed by atoms with Crippen molar-refractivity contribution >= 4 is 23.5 Å². The van der Waals surface area contributed by atoms with Crippen LogP contribution in [0.5, 0.6) is 0 Å². The fraction of sp³-hybridized carbons (Fsp3) is 0.600. The van der Waals surface area contributed by atoms with Crippen molar-refractivity contribution in [3.63, 3.8) is 0 Å². The molecule has 0 aliphatic carbocycles. The lowest BCUT2D eigenvalue weighted by Crippen LogP contribution is -2.25. The molecule has 0 spiro atoms. The van der Waals surface area contributed by atoms with Crippen molar-refractivity contribution in [1.82, 2.24) is 5.32 Å². The first-order valence-electron chi connectivity index (χ1n) is 2.65. The van der Waals surface area contributed by atoms with E-state index in [2.05, 4.69) is 10.3 Å². The average Bonchev–Trinajstić information content (AvgIpc) is 2.17. The molecular weight excluding hydrogens is 136 g/mol. The van der Waals surface area contributed by atoms with Crippen molar-refractivity contribution < 1.29 is 4.79 Å². The third-order valence-corrected chi connectivity index (χ3v) is 1.54. The van der Waals surface area contributed by atoms with Gasteiger partial charge in [-0.2, -0.15) is 11.8 Å². The summed E-state index contributed by atoms with van der Waals surface area (Å²) < 4.78 is 0. The van der Waals surface area contributed by atoms with Crippen molar-refractivity contribution in [2.24, 2.45) is 4.99 Å². The molecule has 9 heavy (non-hydrogen) atoms. The number of nitrogens with one attached hydrogen (secondary N) is 1. The minimum atomic E-state index is 0.0130. The molecule has 1 aliphatic rings. The predicted molar refractivity (Wildman–Crippen MR) is 38.8 cm³/mol. The number of hydrogen-bond acceptors (Lipinski definition) is 3. The van der Waals surface area contributed by atoms with Gasteiger partial charge in [0.1, 0.15) is 12.4 Å². The van der Waals surface area contributed by atoms with Crippen LogP contribution in [0.2, 0.25) is 0 Å². The summed E-state index contributed by atoms with van der Waals surface area (Å²) in [5.41, 5.74) is 0. The van der Waals surface area contributed by atoms with E-state index in [1.54, 1.807) is 11.8 Å². The first-order chi connectivity index (χ1) is 4.33. The van der Waals surface area contributed by atoms with Gasteiger partial charge in [-0.05, 0) is 6.26 Å². The van der Waals surface area contributed by atoms with Crippen LogP contribution in [-0.2, 0) is 4.79 Å². The Kier molecular flexibility index (Phi) is 2.10. The van der Waals surface area contributed by atoms with Crippen molar-refractivity contribution in [2.45, 2.75) is 0 Å². The minimum absolute atomic E-state index is 0.0130. The maximum absolute atomic E-state index is 10.5. The Morgan fingerprint density at radius 1 is 1.89 bits per heavy atom. The number of thioether (sulfide) groups is 1. The van der Waals surface area contributed by atoms with Gasteiger partial charge in [-0.3, -0.25) is 9.79 Å². The van der Waals surface area contributed by atoms with Gasteiger partial charge in [0.2, 0.25) is 5.91 Å². The second-order valence-electron chi connectivity index (χ2n) is 1.74. The molecule has 0 bridgehead atoms. The fourth-order valence-electron chi connectivity index (χ4n) is 0.626. The van der Waals surface area contributed by atoms with Crippen LogP contribution in [0.25, 0.3) is 0 Å². The van der Waals surface area contributed by atoms with E-state index in [1.807, 2.05) is 6.26 Å². The quantitative estimate of drug-likeness (QED) is 0.587. The number of amides is 1. The molecule has 0 atom stereocenters. The van der Waals surface area contributed by atoms with Crippen molar-refractivity contribution in [1.29, 1.82) is 0 Å². The van der Waals surface area contributed by atoms with Gasteiger partial charge >= 0.3 is 0 Å². The second kappa shape index (κ2) is 2.87. The van der Waals surface area contributed by atoms with E-state index in [4.69, 9.17) is 0 Å². The molecule has 50 valence electrons. The third kappa shape index (κ3) is 1.71. The summed E-state index contributed by atoms with van der Waals surface area (Å²) in [5.74, 6) is 1.64. The molecule has 3 nitrogen and oxygen atoms in total. The zero-order valence-electron chi connectivity index (χ0n) is 5.18. The summed E-state index contributed by atoms with van der Waals surface area (Å²) in [6.45, 7) is 0.315. The monoisotopic (exact) mass is 144 g/mol. The molecule has 0 saturated carbocycles. The van der Waals surface area contributed by atoms with Gasteiger partial charge in [0.05, 0.1) is 5.75 Å².